The van der Waals surface area contributed by atoms with Crippen LogP contribution in [-0.4, -0.2) is 69.9 Å². The Hall–Kier alpha value is -1.48. The number of hydrogen-bond acceptors (Lipinski definition) is 5. The molecule has 8 heteroatoms. The molecule has 2 fully saturated rings. The highest BCUT2D eigenvalue weighted by atomic mass is 32.2. The summed E-state index contributed by atoms with van der Waals surface area (Å²) in [6.07, 6.45) is 1.18. The normalized spacial score (nSPS) is 26.6. The minimum atomic E-state index is -3.36. The summed E-state index contributed by atoms with van der Waals surface area (Å²) in [5.74, 6) is -0.138. The highest BCUT2D eigenvalue weighted by Crippen LogP contribution is 2.28. The van der Waals surface area contributed by atoms with E-state index in [-0.39, 0.29) is 32.2 Å². The summed E-state index contributed by atoms with van der Waals surface area (Å²) in [7, 11) is -3.36. The second-order valence-corrected chi connectivity index (χ2v) is 8.42. The van der Waals surface area contributed by atoms with Gasteiger partial charge in [-0.15, -0.1) is 0 Å². The van der Waals surface area contributed by atoms with Gasteiger partial charge in [0.25, 0.3) is 5.91 Å². The van der Waals surface area contributed by atoms with E-state index in [4.69, 9.17) is 9.47 Å². The number of carbonyl (C=O) groups excluding carboxylic acids is 1. The predicted octanol–water partition coefficient (Wildman–Crippen LogP) is 0.389. The standard InChI is InChI=1S/C16H22N2O5S/c1-13-4-3-5-14(8-13)18-11-16(23-9-15(18)19)10-17(24(2,20)21)6-7-22-12-16/h3-5,8H,6-7,9-12H2,1-2H3/t16-/m1/s1. The highest BCUT2D eigenvalue weighted by molar-refractivity contribution is 7.88. The molecule has 2 aliphatic rings. The SMILES string of the molecule is Cc1cccc(N2C[C@]3(COCCN(S(C)(=O)=O)C3)OCC2=O)c1. The van der Waals surface area contributed by atoms with Gasteiger partial charge in [0, 0.05) is 18.8 Å². The molecule has 2 aliphatic heterocycles. The summed E-state index contributed by atoms with van der Waals surface area (Å²) in [4.78, 5) is 14.0. The second-order valence-electron chi connectivity index (χ2n) is 6.44. The lowest BCUT2D eigenvalue weighted by Gasteiger charge is -2.42. The molecule has 2 heterocycles. The van der Waals surface area contributed by atoms with Gasteiger partial charge in [0.2, 0.25) is 10.0 Å². The number of nitrogens with zero attached hydrogens (tertiary/aromatic N) is 2. The first-order chi connectivity index (χ1) is 11.3. The Balaban J connectivity index is 1.89. The third-order valence-electron chi connectivity index (χ3n) is 4.35. The molecule has 0 saturated carbocycles. The molecule has 0 N–H and O–H groups in total. The van der Waals surface area contributed by atoms with E-state index < -0.39 is 15.6 Å². The molecule has 0 radical (unpaired) electrons. The average molecular weight is 354 g/mol. The zero-order valence-electron chi connectivity index (χ0n) is 13.9. The van der Waals surface area contributed by atoms with Crippen LogP contribution in [0.15, 0.2) is 24.3 Å². The maximum absolute atomic E-state index is 12.3. The molecule has 1 spiro atoms. The average Bonchev–Trinajstić information content (AvgIpc) is 2.73. The Morgan fingerprint density at radius 2 is 2.04 bits per heavy atom. The molecule has 0 aromatic heterocycles. The zero-order valence-corrected chi connectivity index (χ0v) is 14.7. The number of amides is 1. The summed E-state index contributed by atoms with van der Waals surface area (Å²) >= 11 is 0. The molecule has 132 valence electrons. The Morgan fingerprint density at radius 1 is 1.25 bits per heavy atom. The molecule has 7 nitrogen and oxygen atoms in total. The number of ether oxygens (including phenoxy) is 2. The molecule has 0 aliphatic carbocycles. The largest absolute Gasteiger partial charge is 0.377 e. The first kappa shape index (κ1) is 17.3. The summed E-state index contributed by atoms with van der Waals surface area (Å²) < 4.78 is 36.7. The first-order valence-electron chi connectivity index (χ1n) is 7.83. The molecule has 1 aromatic rings. The number of hydrogen-bond donors (Lipinski definition) is 0. The van der Waals surface area contributed by atoms with Crippen LogP contribution in [0.4, 0.5) is 5.69 Å². The van der Waals surface area contributed by atoms with Gasteiger partial charge in [-0.2, -0.15) is 4.31 Å². The van der Waals surface area contributed by atoms with Crippen LogP contribution in [0.5, 0.6) is 0 Å². The van der Waals surface area contributed by atoms with Gasteiger partial charge in [-0.25, -0.2) is 8.42 Å². The number of sulfonamides is 1. The highest BCUT2D eigenvalue weighted by Gasteiger charge is 2.44. The number of morpholine rings is 1. The maximum atomic E-state index is 12.3. The Labute approximate surface area is 142 Å². The molecule has 2 saturated heterocycles. The van der Waals surface area contributed by atoms with Crippen molar-refractivity contribution in [2.45, 2.75) is 12.5 Å². The van der Waals surface area contributed by atoms with Crippen LogP contribution in [0, 0.1) is 6.92 Å². The summed E-state index contributed by atoms with van der Waals surface area (Å²) in [5.41, 5.74) is 0.991. The first-order valence-corrected chi connectivity index (χ1v) is 9.68. The lowest BCUT2D eigenvalue weighted by molar-refractivity contribution is -0.145. The molecule has 0 bridgehead atoms. The van der Waals surface area contributed by atoms with Crippen molar-refractivity contribution in [3.8, 4) is 0 Å². The summed E-state index contributed by atoms with van der Waals surface area (Å²) in [6.45, 7) is 3.19. The van der Waals surface area contributed by atoms with Crippen molar-refractivity contribution >= 4 is 21.6 Å². The van der Waals surface area contributed by atoms with Gasteiger partial charge < -0.3 is 14.4 Å². The minimum absolute atomic E-state index is 0.0884. The van der Waals surface area contributed by atoms with Crippen molar-refractivity contribution in [1.82, 2.24) is 4.31 Å². The lowest BCUT2D eigenvalue weighted by atomic mass is 10.0. The molecule has 3 rings (SSSR count). The third-order valence-corrected chi connectivity index (χ3v) is 5.60. The van der Waals surface area contributed by atoms with E-state index in [2.05, 4.69) is 0 Å². The van der Waals surface area contributed by atoms with Crippen molar-refractivity contribution in [3.63, 3.8) is 0 Å². The Morgan fingerprint density at radius 3 is 2.75 bits per heavy atom. The van der Waals surface area contributed by atoms with Gasteiger partial charge in [0.05, 0.1) is 26.0 Å². The van der Waals surface area contributed by atoms with E-state index in [9.17, 15) is 13.2 Å². The van der Waals surface area contributed by atoms with Crippen LogP contribution in [0.2, 0.25) is 0 Å². The summed E-state index contributed by atoms with van der Waals surface area (Å²) in [5, 5.41) is 0. The van der Waals surface area contributed by atoms with E-state index in [0.29, 0.717) is 13.2 Å². The quantitative estimate of drug-likeness (QED) is 0.768. The van der Waals surface area contributed by atoms with E-state index in [0.717, 1.165) is 11.3 Å². The molecule has 1 aromatic carbocycles. The van der Waals surface area contributed by atoms with E-state index in [1.165, 1.54) is 10.6 Å². The Kier molecular flexibility index (Phi) is 4.65. The minimum Gasteiger partial charge on any atom is -0.377 e. The molecule has 0 unspecified atom stereocenters. The van der Waals surface area contributed by atoms with Crippen LogP contribution in [0.25, 0.3) is 0 Å². The molecule has 1 amide bonds. The van der Waals surface area contributed by atoms with Gasteiger partial charge in [-0.1, -0.05) is 12.1 Å². The van der Waals surface area contributed by atoms with E-state index in [1.54, 1.807) is 4.90 Å². The van der Waals surface area contributed by atoms with E-state index >= 15 is 0 Å². The van der Waals surface area contributed by atoms with Crippen LogP contribution >= 0.6 is 0 Å². The maximum Gasteiger partial charge on any atom is 0.253 e. The van der Waals surface area contributed by atoms with Gasteiger partial charge >= 0.3 is 0 Å². The van der Waals surface area contributed by atoms with Gasteiger partial charge in [-0.05, 0) is 24.6 Å². The smallest absolute Gasteiger partial charge is 0.253 e. The Bertz CT molecular complexity index is 736. The molecular formula is C16H22N2O5S. The van der Waals surface area contributed by atoms with Gasteiger partial charge in [0.1, 0.15) is 12.2 Å². The lowest BCUT2D eigenvalue weighted by Crippen LogP contribution is -2.61. The topological polar surface area (TPSA) is 76.2 Å². The van der Waals surface area contributed by atoms with Crippen LogP contribution < -0.4 is 4.90 Å². The predicted molar refractivity (Wildman–Crippen MR) is 89.5 cm³/mol. The second kappa shape index (κ2) is 6.44. The molecular weight excluding hydrogens is 332 g/mol. The van der Waals surface area contributed by atoms with Gasteiger partial charge in [-0.3, -0.25) is 4.79 Å². The fourth-order valence-electron chi connectivity index (χ4n) is 3.08. The van der Waals surface area contributed by atoms with Gasteiger partial charge in [0.15, 0.2) is 0 Å². The van der Waals surface area contributed by atoms with E-state index in [1.807, 2.05) is 31.2 Å². The third kappa shape index (κ3) is 3.61. The number of benzene rings is 1. The fraction of sp³-hybridized carbons (Fsp3) is 0.562. The van der Waals surface area contributed by atoms with Crippen molar-refractivity contribution in [3.05, 3.63) is 29.8 Å². The van der Waals surface area contributed by atoms with Crippen LogP contribution in [-0.2, 0) is 24.3 Å². The zero-order chi connectivity index (χ0) is 17.4. The molecule has 24 heavy (non-hydrogen) atoms. The molecule has 1 atom stereocenters. The van der Waals surface area contributed by atoms with Crippen molar-refractivity contribution < 1.29 is 22.7 Å². The monoisotopic (exact) mass is 354 g/mol. The fourth-order valence-corrected chi connectivity index (χ4v) is 3.96. The van der Waals surface area contributed by atoms with Crippen molar-refractivity contribution in [2.75, 3.05) is 50.6 Å². The number of aryl methyl sites for hydroxylation is 1. The van der Waals surface area contributed by atoms with Crippen LogP contribution in [0.1, 0.15) is 5.56 Å². The number of rotatable bonds is 2. The summed E-state index contributed by atoms with van der Waals surface area (Å²) in [6, 6.07) is 7.66. The number of anilines is 1. The van der Waals surface area contributed by atoms with Crippen molar-refractivity contribution in [2.24, 2.45) is 0 Å². The number of carbonyl (C=O) groups is 1. The van der Waals surface area contributed by atoms with Crippen molar-refractivity contribution in [1.29, 1.82) is 0 Å². The van der Waals surface area contributed by atoms with Crippen LogP contribution in [0.3, 0.4) is 0 Å².